The number of hydrogen-bond acceptors (Lipinski definition) is 2. The smallest absolute Gasteiger partial charge is 0.361 e. The molecule has 3 aromatic heterocycles. The Kier molecular flexibility index (Phi) is 4.07. The second kappa shape index (κ2) is 6.62. The van der Waals surface area contributed by atoms with Gasteiger partial charge in [-0.2, -0.15) is 26.3 Å². The number of likely N-dealkylation sites (N-methyl/N-ethyl adjacent to an activating group) is 2. The first-order chi connectivity index (χ1) is 17.7. The van der Waals surface area contributed by atoms with E-state index in [1.54, 1.807) is 24.7 Å². The quantitative estimate of drug-likeness (QED) is 0.217. The van der Waals surface area contributed by atoms with E-state index in [1.165, 1.54) is 18.2 Å². The van der Waals surface area contributed by atoms with Crippen LogP contribution in [-0.4, -0.2) is 28.2 Å². The number of hydrogen-bond donors (Lipinski definition) is 1. The number of nitrogens with one attached hydrogen (secondary N) is 1. The third-order valence-corrected chi connectivity index (χ3v) is 8.85. The topological polar surface area (TPSA) is 32.1 Å². The average Bonchev–Trinajstić information content (AvgIpc) is 3.55. The predicted molar refractivity (Wildman–Crippen MR) is 135 cm³/mol. The summed E-state index contributed by atoms with van der Waals surface area (Å²) < 4.78 is 84.5. The zero-order chi connectivity index (χ0) is 27.3. The number of H-pyrrole nitrogens is 1. The lowest BCUT2D eigenvalue weighted by molar-refractivity contribution is -0.138. The molecular weight excluding hydrogens is 508 g/mol. The normalized spacial score (nSPS) is 21.3. The van der Waals surface area contributed by atoms with Gasteiger partial charge >= 0.3 is 12.4 Å². The molecule has 0 amide bonds. The molecule has 7 rings (SSSR count). The van der Waals surface area contributed by atoms with E-state index in [1.807, 2.05) is 30.5 Å². The van der Waals surface area contributed by atoms with Crippen molar-refractivity contribution in [3.63, 3.8) is 0 Å². The number of aromatic nitrogens is 3. The monoisotopic (exact) mass is 531 g/mol. The lowest BCUT2D eigenvalue weighted by Crippen LogP contribution is -2.41. The van der Waals surface area contributed by atoms with Gasteiger partial charge in [-0.05, 0) is 31.2 Å². The van der Waals surface area contributed by atoms with Crippen LogP contribution < -0.4 is 9.80 Å². The van der Waals surface area contributed by atoms with Crippen LogP contribution in [0.15, 0.2) is 36.4 Å². The summed E-state index contributed by atoms with van der Waals surface area (Å²) in [6, 6.07) is 7.47. The number of anilines is 2. The van der Waals surface area contributed by atoms with Gasteiger partial charge in [0.1, 0.15) is 5.54 Å². The number of aryl methyl sites for hydroxylation is 2. The van der Waals surface area contributed by atoms with Gasteiger partial charge in [-0.25, -0.2) is 0 Å². The molecule has 0 saturated heterocycles. The van der Waals surface area contributed by atoms with E-state index < -0.39 is 29.0 Å². The SMILES string of the molecule is CN1c2c([nH]c3c2n(C)c2c4ccc(C(F)(F)F)cc4n(C)c32)C2(C)C1c1ccc(C(F)(F)F)cc1N2C. The third-order valence-electron chi connectivity index (χ3n) is 8.85. The van der Waals surface area contributed by atoms with Crippen molar-refractivity contribution in [2.75, 3.05) is 23.9 Å². The zero-order valence-corrected chi connectivity index (χ0v) is 21.1. The van der Waals surface area contributed by atoms with Crippen molar-refractivity contribution in [3.05, 3.63) is 58.8 Å². The van der Waals surface area contributed by atoms with E-state index in [0.29, 0.717) is 16.6 Å². The molecule has 0 aliphatic carbocycles. The minimum atomic E-state index is -4.45. The van der Waals surface area contributed by atoms with Crippen LogP contribution in [0.4, 0.5) is 37.7 Å². The van der Waals surface area contributed by atoms with Gasteiger partial charge in [-0.15, -0.1) is 0 Å². The van der Waals surface area contributed by atoms with Gasteiger partial charge < -0.3 is 23.9 Å². The average molecular weight is 532 g/mol. The number of nitrogens with zero attached hydrogens (tertiary/aromatic N) is 4. The van der Waals surface area contributed by atoms with Crippen LogP contribution in [-0.2, 0) is 32.0 Å². The maximum atomic E-state index is 13.5. The Morgan fingerprint density at radius 3 is 2.08 bits per heavy atom. The summed E-state index contributed by atoms with van der Waals surface area (Å²) in [5, 5.41) is 0.713. The Morgan fingerprint density at radius 2 is 1.42 bits per heavy atom. The molecule has 0 radical (unpaired) electrons. The van der Waals surface area contributed by atoms with Gasteiger partial charge in [0.2, 0.25) is 0 Å². The molecule has 0 saturated carbocycles. The van der Waals surface area contributed by atoms with Crippen LogP contribution in [0.25, 0.3) is 33.0 Å². The van der Waals surface area contributed by atoms with Crippen molar-refractivity contribution >= 4 is 44.3 Å². The maximum absolute atomic E-state index is 13.5. The summed E-state index contributed by atoms with van der Waals surface area (Å²) >= 11 is 0. The standard InChI is InChI=1S/C27H23F6N5/c1-25-23-22(37(4)24(25)15-9-7-13(27(31,32)33)11-17(15)38(25)5)21-18(34-23)20-19(36(21)3)14-8-6-12(26(28,29)30)10-16(14)35(20)2/h6-11,24,34H,1-5H3. The third kappa shape index (κ3) is 2.50. The first kappa shape index (κ1) is 23.4. The molecule has 11 heteroatoms. The summed E-state index contributed by atoms with van der Waals surface area (Å²) in [7, 11) is 7.39. The number of aromatic amines is 1. The summed E-state index contributed by atoms with van der Waals surface area (Å²) in [4.78, 5) is 7.57. The summed E-state index contributed by atoms with van der Waals surface area (Å²) in [5.41, 5.74) is 4.80. The van der Waals surface area contributed by atoms with E-state index >= 15 is 0 Å². The van der Waals surface area contributed by atoms with Gasteiger partial charge in [0.15, 0.2) is 0 Å². The fraction of sp³-hybridized carbons (Fsp3) is 0.333. The van der Waals surface area contributed by atoms with E-state index in [4.69, 9.17) is 0 Å². The summed E-state index contributed by atoms with van der Waals surface area (Å²) in [5.74, 6) is 0. The van der Waals surface area contributed by atoms with E-state index in [0.717, 1.165) is 51.1 Å². The predicted octanol–water partition coefficient (Wildman–Crippen LogP) is 7.05. The minimum absolute atomic E-state index is 0.223. The number of alkyl halides is 6. The number of fused-ring (bicyclic) bond motifs is 11. The lowest BCUT2D eigenvalue weighted by atomic mass is 9.90. The van der Waals surface area contributed by atoms with Crippen LogP contribution in [0.5, 0.6) is 0 Å². The van der Waals surface area contributed by atoms with Crippen molar-refractivity contribution < 1.29 is 26.3 Å². The van der Waals surface area contributed by atoms with E-state index in [9.17, 15) is 26.3 Å². The first-order valence-corrected chi connectivity index (χ1v) is 12.0. The Labute approximate surface area is 212 Å². The molecule has 2 aliphatic rings. The van der Waals surface area contributed by atoms with Crippen LogP contribution in [0.2, 0.25) is 0 Å². The van der Waals surface area contributed by atoms with E-state index in [-0.39, 0.29) is 6.04 Å². The number of benzene rings is 2. The molecule has 5 nitrogen and oxygen atoms in total. The molecule has 38 heavy (non-hydrogen) atoms. The van der Waals surface area contributed by atoms with E-state index in [2.05, 4.69) is 9.88 Å². The van der Waals surface area contributed by atoms with Crippen LogP contribution in [0.1, 0.15) is 35.3 Å². The highest BCUT2D eigenvalue weighted by molar-refractivity contribution is 6.20. The van der Waals surface area contributed by atoms with Crippen molar-refractivity contribution in [2.24, 2.45) is 14.1 Å². The molecule has 5 aromatic rings. The van der Waals surface area contributed by atoms with Crippen molar-refractivity contribution in [3.8, 4) is 0 Å². The molecule has 0 spiro atoms. The summed E-state index contributed by atoms with van der Waals surface area (Å²) in [6.45, 7) is 2.01. The van der Waals surface area contributed by atoms with Gasteiger partial charge in [0.25, 0.3) is 0 Å². The fourth-order valence-electron chi connectivity index (χ4n) is 7.02. The van der Waals surface area contributed by atoms with Crippen LogP contribution >= 0.6 is 0 Å². The second-order valence-electron chi connectivity index (χ2n) is 10.6. The molecule has 2 atom stereocenters. The molecule has 5 heterocycles. The first-order valence-electron chi connectivity index (χ1n) is 12.0. The van der Waals surface area contributed by atoms with Crippen molar-refractivity contribution in [1.82, 2.24) is 14.1 Å². The molecular formula is C27H23F6N5. The van der Waals surface area contributed by atoms with Gasteiger partial charge in [0, 0.05) is 44.8 Å². The van der Waals surface area contributed by atoms with Gasteiger partial charge in [-0.1, -0.05) is 12.1 Å². The Balaban J connectivity index is 1.48. The van der Waals surface area contributed by atoms with Crippen LogP contribution in [0, 0.1) is 0 Å². The second-order valence-corrected chi connectivity index (χ2v) is 10.6. The highest BCUT2D eigenvalue weighted by Gasteiger charge is 2.58. The Morgan fingerprint density at radius 1 is 0.789 bits per heavy atom. The van der Waals surface area contributed by atoms with Crippen molar-refractivity contribution in [1.29, 1.82) is 0 Å². The molecule has 2 unspecified atom stereocenters. The Hall–Kier alpha value is -3.76. The maximum Gasteiger partial charge on any atom is 0.416 e. The van der Waals surface area contributed by atoms with Gasteiger partial charge in [-0.3, -0.25) is 0 Å². The number of rotatable bonds is 0. The molecule has 2 aliphatic heterocycles. The largest absolute Gasteiger partial charge is 0.416 e. The highest BCUT2D eigenvalue weighted by Crippen LogP contribution is 2.63. The minimum Gasteiger partial charge on any atom is -0.361 e. The Bertz CT molecular complexity index is 1830. The highest BCUT2D eigenvalue weighted by atomic mass is 19.4. The van der Waals surface area contributed by atoms with Gasteiger partial charge in [0.05, 0.1) is 56.1 Å². The lowest BCUT2D eigenvalue weighted by Gasteiger charge is -2.35. The fourth-order valence-corrected chi connectivity index (χ4v) is 7.02. The van der Waals surface area contributed by atoms with Crippen molar-refractivity contribution in [2.45, 2.75) is 30.9 Å². The molecule has 1 N–H and O–H groups in total. The number of halogens is 6. The summed E-state index contributed by atoms with van der Waals surface area (Å²) in [6.07, 6.45) is -8.90. The molecule has 0 bridgehead atoms. The van der Waals surface area contributed by atoms with Crippen LogP contribution in [0.3, 0.4) is 0 Å². The molecule has 2 aromatic carbocycles. The molecule has 198 valence electrons. The molecule has 0 fully saturated rings. The zero-order valence-electron chi connectivity index (χ0n) is 21.1.